The van der Waals surface area contributed by atoms with Crippen LogP contribution in [0.5, 0.6) is 0 Å². The van der Waals surface area contributed by atoms with E-state index in [0.29, 0.717) is 17.8 Å². The normalized spacial score (nSPS) is 21.1. The van der Waals surface area contributed by atoms with E-state index in [0.717, 1.165) is 47.8 Å². The number of nitrogens with zero attached hydrogens (tertiary/aromatic N) is 5. The Hall–Kier alpha value is -2.47. The quantitative estimate of drug-likeness (QED) is 0.594. The molecule has 2 fully saturated rings. The van der Waals surface area contributed by atoms with E-state index in [9.17, 15) is 0 Å². The first kappa shape index (κ1) is 20.4. The SMILES string of the molecule is Cc1ccc2nc(N3CCN(CC4CCCCC4)C(C)C3)c(-c3nc(C)no3)cc2c1. The molecule has 31 heavy (non-hydrogen) atoms. The van der Waals surface area contributed by atoms with Crippen molar-refractivity contribution in [1.29, 1.82) is 0 Å². The molecule has 2 aromatic heterocycles. The molecule has 1 unspecified atom stereocenters. The van der Waals surface area contributed by atoms with Crippen molar-refractivity contribution in [3.63, 3.8) is 0 Å². The third-order valence-electron chi connectivity index (χ3n) is 6.99. The van der Waals surface area contributed by atoms with E-state index in [1.54, 1.807) is 0 Å². The Bertz CT molecular complexity index is 1060. The number of hydrogen-bond acceptors (Lipinski definition) is 6. The molecule has 0 spiro atoms. The largest absolute Gasteiger partial charge is 0.353 e. The van der Waals surface area contributed by atoms with Crippen LogP contribution >= 0.6 is 0 Å². The topological polar surface area (TPSA) is 58.3 Å². The fourth-order valence-corrected chi connectivity index (χ4v) is 5.25. The maximum atomic E-state index is 5.57. The summed E-state index contributed by atoms with van der Waals surface area (Å²) in [6, 6.07) is 9.07. The third-order valence-corrected chi connectivity index (χ3v) is 6.99. The number of anilines is 1. The van der Waals surface area contributed by atoms with Crippen molar-refractivity contribution in [1.82, 2.24) is 20.0 Å². The molecular weight excluding hydrogens is 386 g/mol. The Morgan fingerprint density at radius 1 is 1.03 bits per heavy atom. The number of piperazine rings is 1. The van der Waals surface area contributed by atoms with Crippen molar-refractivity contribution in [2.24, 2.45) is 5.92 Å². The predicted molar refractivity (Wildman–Crippen MR) is 124 cm³/mol. The van der Waals surface area contributed by atoms with Crippen LogP contribution in [-0.2, 0) is 0 Å². The summed E-state index contributed by atoms with van der Waals surface area (Å²) in [5.41, 5.74) is 3.17. The van der Waals surface area contributed by atoms with Gasteiger partial charge in [0, 0.05) is 37.6 Å². The number of aromatic nitrogens is 3. The number of pyridine rings is 1. The van der Waals surface area contributed by atoms with Crippen molar-refractivity contribution in [3.8, 4) is 11.5 Å². The van der Waals surface area contributed by atoms with Gasteiger partial charge in [-0.3, -0.25) is 4.90 Å². The van der Waals surface area contributed by atoms with E-state index in [2.05, 4.69) is 58.1 Å². The zero-order valence-electron chi connectivity index (χ0n) is 19.0. The van der Waals surface area contributed by atoms with Crippen LogP contribution in [-0.4, -0.2) is 52.2 Å². The molecule has 0 amide bonds. The smallest absolute Gasteiger partial charge is 0.261 e. The zero-order chi connectivity index (χ0) is 21.4. The zero-order valence-corrected chi connectivity index (χ0v) is 19.0. The van der Waals surface area contributed by atoms with Gasteiger partial charge in [0.15, 0.2) is 5.82 Å². The van der Waals surface area contributed by atoms with Crippen molar-refractivity contribution >= 4 is 16.7 Å². The summed E-state index contributed by atoms with van der Waals surface area (Å²) in [4.78, 5) is 14.7. The van der Waals surface area contributed by atoms with Crippen LogP contribution < -0.4 is 4.90 Å². The lowest BCUT2D eigenvalue weighted by atomic mass is 9.88. The van der Waals surface area contributed by atoms with Crippen molar-refractivity contribution in [2.75, 3.05) is 31.1 Å². The lowest BCUT2D eigenvalue weighted by Crippen LogP contribution is -2.53. The number of fused-ring (bicyclic) bond motifs is 1. The fraction of sp³-hybridized carbons (Fsp3) is 0.560. The van der Waals surface area contributed by atoms with Crippen LogP contribution in [0.15, 0.2) is 28.8 Å². The molecular formula is C25H33N5O. The second kappa shape index (κ2) is 8.58. The predicted octanol–water partition coefficient (Wildman–Crippen LogP) is 4.99. The Morgan fingerprint density at radius 2 is 1.87 bits per heavy atom. The van der Waals surface area contributed by atoms with E-state index < -0.39 is 0 Å². The Kier molecular flexibility index (Phi) is 5.65. The molecule has 6 heteroatoms. The van der Waals surface area contributed by atoms with Gasteiger partial charge in [-0.1, -0.05) is 36.0 Å². The Balaban J connectivity index is 1.43. The highest BCUT2D eigenvalue weighted by Crippen LogP contribution is 2.34. The molecule has 164 valence electrons. The van der Waals surface area contributed by atoms with Crippen molar-refractivity contribution in [2.45, 2.75) is 58.9 Å². The van der Waals surface area contributed by atoms with Gasteiger partial charge < -0.3 is 9.42 Å². The Morgan fingerprint density at radius 3 is 2.61 bits per heavy atom. The first-order valence-corrected chi connectivity index (χ1v) is 11.8. The van der Waals surface area contributed by atoms with Gasteiger partial charge in [0.1, 0.15) is 5.82 Å². The van der Waals surface area contributed by atoms with E-state index >= 15 is 0 Å². The second-order valence-corrected chi connectivity index (χ2v) is 9.50. The van der Waals surface area contributed by atoms with Crippen LogP contribution in [0.3, 0.4) is 0 Å². The Labute approximate surface area is 184 Å². The third kappa shape index (κ3) is 4.31. The van der Waals surface area contributed by atoms with E-state index in [1.807, 2.05) is 6.92 Å². The van der Waals surface area contributed by atoms with Crippen LogP contribution in [0.4, 0.5) is 5.82 Å². The summed E-state index contributed by atoms with van der Waals surface area (Å²) in [5.74, 6) is 3.04. The van der Waals surface area contributed by atoms with E-state index in [1.165, 1.54) is 44.2 Å². The van der Waals surface area contributed by atoms with Gasteiger partial charge in [-0.15, -0.1) is 0 Å². The average Bonchev–Trinajstić information content (AvgIpc) is 3.21. The molecule has 0 bridgehead atoms. The highest BCUT2D eigenvalue weighted by atomic mass is 16.5. The van der Waals surface area contributed by atoms with Gasteiger partial charge in [-0.2, -0.15) is 4.98 Å². The molecule has 1 saturated heterocycles. The first-order valence-electron chi connectivity index (χ1n) is 11.8. The van der Waals surface area contributed by atoms with Gasteiger partial charge in [-0.05, 0) is 57.7 Å². The molecule has 1 aliphatic carbocycles. The van der Waals surface area contributed by atoms with Gasteiger partial charge in [0.25, 0.3) is 5.89 Å². The molecule has 0 N–H and O–H groups in total. The van der Waals surface area contributed by atoms with E-state index in [-0.39, 0.29) is 0 Å². The number of hydrogen-bond donors (Lipinski definition) is 0. The summed E-state index contributed by atoms with van der Waals surface area (Å²) in [7, 11) is 0. The lowest BCUT2D eigenvalue weighted by Gasteiger charge is -2.42. The first-order chi connectivity index (χ1) is 15.1. The summed E-state index contributed by atoms with van der Waals surface area (Å²) >= 11 is 0. The van der Waals surface area contributed by atoms with Gasteiger partial charge in [0.2, 0.25) is 0 Å². The highest BCUT2D eigenvalue weighted by Gasteiger charge is 2.29. The number of rotatable bonds is 4. The molecule has 1 atom stereocenters. The fourth-order valence-electron chi connectivity index (χ4n) is 5.25. The molecule has 3 aromatic rings. The summed E-state index contributed by atoms with van der Waals surface area (Å²) in [6.45, 7) is 10.6. The molecule has 1 saturated carbocycles. The van der Waals surface area contributed by atoms with Crippen LogP contribution in [0, 0.1) is 19.8 Å². The minimum atomic E-state index is 0.503. The van der Waals surface area contributed by atoms with Gasteiger partial charge in [0.05, 0.1) is 11.1 Å². The monoisotopic (exact) mass is 419 g/mol. The number of aryl methyl sites for hydroxylation is 2. The second-order valence-electron chi connectivity index (χ2n) is 9.50. The molecule has 3 heterocycles. The minimum absolute atomic E-state index is 0.503. The van der Waals surface area contributed by atoms with Crippen LogP contribution in [0.25, 0.3) is 22.4 Å². The molecule has 1 aromatic carbocycles. The lowest BCUT2D eigenvalue weighted by molar-refractivity contribution is 0.144. The maximum Gasteiger partial charge on any atom is 0.261 e. The van der Waals surface area contributed by atoms with Crippen molar-refractivity contribution < 1.29 is 4.52 Å². The summed E-state index contributed by atoms with van der Waals surface area (Å²) < 4.78 is 5.57. The molecule has 5 rings (SSSR count). The molecule has 1 aliphatic heterocycles. The number of benzene rings is 1. The minimum Gasteiger partial charge on any atom is -0.353 e. The van der Waals surface area contributed by atoms with Gasteiger partial charge >= 0.3 is 0 Å². The summed E-state index contributed by atoms with van der Waals surface area (Å²) in [5, 5.41) is 5.14. The van der Waals surface area contributed by atoms with E-state index in [4.69, 9.17) is 9.51 Å². The van der Waals surface area contributed by atoms with Crippen LogP contribution in [0.2, 0.25) is 0 Å². The standard InChI is InChI=1S/C25H33N5O/c1-17-9-10-23-21(13-17)14-22(25-26-19(3)28-31-25)24(27-23)30-12-11-29(18(2)15-30)16-20-7-5-4-6-8-20/h9-10,13-14,18,20H,4-8,11-12,15-16H2,1-3H3. The molecule has 2 aliphatic rings. The maximum absolute atomic E-state index is 5.57. The van der Waals surface area contributed by atoms with Crippen LogP contribution in [0.1, 0.15) is 50.4 Å². The van der Waals surface area contributed by atoms with Gasteiger partial charge in [-0.25, -0.2) is 4.98 Å². The highest BCUT2D eigenvalue weighted by molar-refractivity contribution is 5.88. The molecule has 6 nitrogen and oxygen atoms in total. The van der Waals surface area contributed by atoms with Crippen molar-refractivity contribution in [3.05, 3.63) is 35.7 Å². The average molecular weight is 420 g/mol. The summed E-state index contributed by atoms with van der Waals surface area (Å²) in [6.07, 6.45) is 7.04. The molecule has 0 radical (unpaired) electrons.